The van der Waals surface area contributed by atoms with E-state index in [1.807, 2.05) is 0 Å². The van der Waals surface area contributed by atoms with Crippen molar-refractivity contribution >= 4 is 11.4 Å². The third kappa shape index (κ3) is 3.77. The number of piperazine rings is 1. The van der Waals surface area contributed by atoms with Crippen molar-refractivity contribution in [3.8, 4) is 11.5 Å². The Bertz CT molecular complexity index is 1280. The molecule has 0 atom stereocenters. The third-order valence-corrected chi connectivity index (χ3v) is 5.50. The molecule has 0 spiro atoms. The van der Waals surface area contributed by atoms with Gasteiger partial charge in [0.1, 0.15) is 5.82 Å². The minimum atomic E-state index is -0.700. The van der Waals surface area contributed by atoms with Crippen LogP contribution in [-0.2, 0) is 17.9 Å². The summed E-state index contributed by atoms with van der Waals surface area (Å²) >= 11 is 0. The monoisotopic (exact) mass is 428 g/mol. The summed E-state index contributed by atoms with van der Waals surface area (Å²) in [4.78, 5) is 41.1. The fraction of sp³-hybridized carbons (Fsp3) is 0.286. The number of amides is 1. The van der Waals surface area contributed by atoms with E-state index < -0.39 is 28.4 Å². The van der Waals surface area contributed by atoms with Crippen LogP contribution in [0.15, 0.2) is 46.2 Å². The number of aromatic nitrogens is 2. The highest BCUT2D eigenvalue weighted by Gasteiger charge is 2.26. The number of pyridine rings is 1. The number of carbonyl (C=O) groups is 1. The summed E-state index contributed by atoms with van der Waals surface area (Å²) < 4.78 is 15.4. The van der Waals surface area contributed by atoms with Gasteiger partial charge in [0.25, 0.3) is 11.1 Å². The van der Waals surface area contributed by atoms with Crippen molar-refractivity contribution in [3.63, 3.8) is 0 Å². The maximum atomic E-state index is 13.1. The van der Waals surface area contributed by atoms with Crippen LogP contribution in [0, 0.1) is 5.82 Å². The fourth-order valence-corrected chi connectivity index (χ4v) is 3.63. The Morgan fingerprint density at radius 1 is 0.935 bits per heavy atom. The van der Waals surface area contributed by atoms with Gasteiger partial charge < -0.3 is 19.7 Å². The smallest absolute Gasteiger partial charge is 0.279 e. The molecule has 31 heavy (non-hydrogen) atoms. The highest BCUT2D eigenvalue weighted by atomic mass is 19.1. The van der Waals surface area contributed by atoms with Gasteiger partial charge in [-0.05, 0) is 17.7 Å². The Kier molecular flexibility index (Phi) is 5.24. The first-order valence-electron chi connectivity index (χ1n) is 9.65. The molecule has 4 rings (SSSR count). The van der Waals surface area contributed by atoms with Gasteiger partial charge in [-0.15, -0.1) is 0 Å². The lowest BCUT2D eigenvalue weighted by Crippen LogP contribution is -2.48. The average molecular weight is 428 g/mol. The van der Waals surface area contributed by atoms with E-state index in [0.717, 1.165) is 4.40 Å². The number of fused-ring (bicyclic) bond motifs is 1. The van der Waals surface area contributed by atoms with Gasteiger partial charge in [0.2, 0.25) is 5.91 Å². The largest absolute Gasteiger partial charge is 0.504 e. The number of hydrogen-bond acceptors (Lipinski definition) is 6. The van der Waals surface area contributed by atoms with Crippen LogP contribution in [0.2, 0.25) is 0 Å². The Labute approximate surface area is 175 Å². The summed E-state index contributed by atoms with van der Waals surface area (Å²) in [5.41, 5.74) is -1.13. The summed E-state index contributed by atoms with van der Waals surface area (Å²) in [6.45, 7) is 1.12. The van der Waals surface area contributed by atoms with E-state index in [-0.39, 0.29) is 36.6 Å². The molecule has 1 aliphatic rings. The zero-order valence-electron chi connectivity index (χ0n) is 16.8. The second-order valence-electron chi connectivity index (χ2n) is 7.58. The lowest BCUT2D eigenvalue weighted by atomic mass is 10.1. The number of halogens is 1. The average Bonchev–Trinajstić information content (AvgIpc) is 2.75. The lowest BCUT2D eigenvalue weighted by molar-refractivity contribution is -0.134. The van der Waals surface area contributed by atoms with Crippen LogP contribution < -0.4 is 11.1 Å². The van der Waals surface area contributed by atoms with Gasteiger partial charge in [0.05, 0.1) is 18.7 Å². The fourth-order valence-electron chi connectivity index (χ4n) is 3.63. The molecule has 1 amide bonds. The van der Waals surface area contributed by atoms with Gasteiger partial charge in [0, 0.05) is 39.1 Å². The van der Waals surface area contributed by atoms with Crippen molar-refractivity contribution in [2.75, 3.05) is 26.7 Å². The van der Waals surface area contributed by atoms with Crippen molar-refractivity contribution < 1.29 is 19.4 Å². The Morgan fingerprint density at radius 3 is 2.32 bits per heavy atom. The molecule has 0 unspecified atom stereocenters. The number of rotatable bonds is 4. The van der Waals surface area contributed by atoms with Crippen LogP contribution in [0.4, 0.5) is 4.39 Å². The minimum Gasteiger partial charge on any atom is -0.504 e. The number of likely N-dealkylation sites (N-methyl/N-ethyl adjacent to an activating group) is 1. The standard InChI is InChI=1S/C21H21FN4O5/c1-23-6-7-24(12-16(23)27)11-15-18(28)19(29)17-21(31)25(8-9-26(17)20(15)30)10-13-2-4-14(22)5-3-13/h2-5,8-9,28-29H,6-7,10-12H2,1H3. The summed E-state index contributed by atoms with van der Waals surface area (Å²) in [6.07, 6.45) is 2.72. The normalized spacial score (nSPS) is 15.0. The molecule has 0 aliphatic carbocycles. The molecular formula is C21H21FN4O5. The summed E-state index contributed by atoms with van der Waals surface area (Å²) in [6, 6.07) is 5.58. The van der Waals surface area contributed by atoms with Crippen LogP contribution in [0.5, 0.6) is 11.5 Å². The van der Waals surface area contributed by atoms with Gasteiger partial charge >= 0.3 is 0 Å². The first kappa shape index (κ1) is 20.6. The van der Waals surface area contributed by atoms with E-state index in [4.69, 9.17) is 0 Å². The number of hydrogen-bond donors (Lipinski definition) is 2. The van der Waals surface area contributed by atoms with Crippen LogP contribution in [0.1, 0.15) is 11.1 Å². The highest BCUT2D eigenvalue weighted by molar-refractivity contribution is 5.78. The van der Waals surface area contributed by atoms with E-state index >= 15 is 0 Å². The van der Waals surface area contributed by atoms with Crippen molar-refractivity contribution in [2.45, 2.75) is 13.1 Å². The SMILES string of the molecule is CN1CCN(Cc2c(O)c(O)c3c(=O)n(Cc4ccc(F)cc4)ccn3c2=O)CC1=O. The quantitative estimate of drug-likeness (QED) is 0.620. The molecule has 9 nitrogen and oxygen atoms in total. The van der Waals surface area contributed by atoms with Gasteiger partial charge in [-0.3, -0.25) is 23.7 Å². The second kappa shape index (κ2) is 7.88. The molecule has 3 heterocycles. The lowest BCUT2D eigenvalue weighted by Gasteiger charge is -2.31. The molecule has 3 aromatic rings. The molecule has 2 aromatic heterocycles. The third-order valence-electron chi connectivity index (χ3n) is 5.50. The molecule has 10 heteroatoms. The van der Waals surface area contributed by atoms with Gasteiger partial charge in [-0.25, -0.2) is 4.39 Å². The first-order valence-corrected chi connectivity index (χ1v) is 9.65. The van der Waals surface area contributed by atoms with Gasteiger partial charge in [0.15, 0.2) is 17.0 Å². The topological polar surface area (TPSA) is 107 Å². The molecule has 2 N–H and O–H groups in total. The Hall–Kier alpha value is -3.66. The van der Waals surface area contributed by atoms with Gasteiger partial charge in [-0.1, -0.05) is 12.1 Å². The van der Waals surface area contributed by atoms with Crippen LogP contribution >= 0.6 is 0 Å². The van der Waals surface area contributed by atoms with Crippen molar-refractivity contribution in [1.29, 1.82) is 0 Å². The zero-order valence-corrected chi connectivity index (χ0v) is 16.8. The van der Waals surface area contributed by atoms with Crippen molar-refractivity contribution in [1.82, 2.24) is 18.8 Å². The molecule has 1 saturated heterocycles. The Morgan fingerprint density at radius 2 is 1.65 bits per heavy atom. The van der Waals surface area contributed by atoms with E-state index in [2.05, 4.69) is 0 Å². The van der Waals surface area contributed by atoms with Gasteiger partial charge in [-0.2, -0.15) is 0 Å². The second-order valence-corrected chi connectivity index (χ2v) is 7.58. The molecule has 1 fully saturated rings. The summed E-state index contributed by atoms with van der Waals surface area (Å²) in [5, 5.41) is 21.0. The first-order chi connectivity index (χ1) is 14.8. The summed E-state index contributed by atoms with van der Waals surface area (Å²) in [5.74, 6) is -1.89. The molecule has 0 radical (unpaired) electrons. The van der Waals surface area contributed by atoms with E-state index in [1.165, 1.54) is 41.2 Å². The molecule has 1 aliphatic heterocycles. The van der Waals surface area contributed by atoms with Crippen molar-refractivity contribution in [3.05, 3.63) is 74.3 Å². The van der Waals surface area contributed by atoms with Crippen LogP contribution in [-0.4, -0.2) is 61.6 Å². The van der Waals surface area contributed by atoms with E-state index in [1.54, 1.807) is 16.8 Å². The Balaban J connectivity index is 1.73. The molecule has 0 saturated carbocycles. The maximum absolute atomic E-state index is 13.1. The molecule has 0 bridgehead atoms. The number of benzene rings is 1. The van der Waals surface area contributed by atoms with Crippen LogP contribution in [0.25, 0.3) is 5.52 Å². The summed E-state index contributed by atoms with van der Waals surface area (Å²) in [7, 11) is 1.69. The van der Waals surface area contributed by atoms with Crippen LogP contribution in [0.3, 0.4) is 0 Å². The molecular weight excluding hydrogens is 407 g/mol. The van der Waals surface area contributed by atoms with E-state index in [9.17, 15) is 29.0 Å². The predicted octanol–water partition coefficient (Wildman–Crippen LogP) is 0.334. The molecule has 1 aromatic carbocycles. The number of nitrogens with zero attached hydrogens (tertiary/aromatic N) is 4. The number of aromatic hydroxyl groups is 2. The number of carbonyl (C=O) groups excluding carboxylic acids is 1. The highest BCUT2D eigenvalue weighted by Crippen LogP contribution is 2.30. The predicted molar refractivity (Wildman–Crippen MR) is 110 cm³/mol. The van der Waals surface area contributed by atoms with Crippen molar-refractivity contribution in [2.24, 2.45) is 0 Å². The molecule has 162 valence electrons. The zero-order chi connectivity index (χ0) is 22.3. The minimum absolute atomic E-state index is 0.0423. The van der Waals surface area contributed by atoms with E-state index in [0.29, 0.717) is 18.7 Å². The maximum Gasteiger partial charge on any atom is 0.279 e.